The first kappa shape index (κ1) is 13.8. The predicted octanol–water partition coefficient (Wildman–Crippen LogP) is 3.02. The molecule has 1 rings (SSSR count). The Hall–Kier alpha value is -1.24. The van der Waals surface area contributed by atoms with E-state index in [4.69, 9.17) is 4.74 Å². The van der Waals surface area contributed by atoms with Gasteiger partial charge in [-0.25, -0.2) is 4.79 Å². The Labute approximate surface area is 104 Å². The third-order valence-electron chi connectivity index (χ3n) is 1.83. The molecule has 3 nitrogen and oxygen atoms in total. The van der Waals surface area contributed by atoms with Crippen molar-refractivity contribution in [1.82, 2.24) is 0 Å². The molecule has 0 aromatic heterocycles. The molecule has 0 aliphatic heterocycles. The van der Waals surface area contributed by atoms with Gasteiger partial charge in [0.05, 0.1) is 12.7 Å². The number of rotatable bonds is 3. The summed E-state index contributed by atoms with van der Waals surface area (Å²) in [5.41, 5.74) is -0.861. The quantitative estimate of drug-likeness (QED) is 0.805. The molecule has 1 aromatic carbocycles. The highest BCUT2D eigenvalue weighted by Crippen LogP contribution is 2.36. The van der Waals surface area contributed by atoms with Crippen LogP contribution >= 0.6 is 15.9 Å². The van der Waals surface area contributed by atoms with E-state index in [-0.39, 0.29) is 10.2 Å². The van der Waals surface area contributed by atoms with Crippen LogP contribution in [0.4, 0.5) is 13.2 Å². The smallest absolute Gasteiger partial charge is 0.417 e. The fourth-order valence-corrected chi connectivity index (χ4v) is 1.48. The number of hydrogen-bond acceptors (Lipinski definition) is 3. The van der Waals surface area contributed by atoms with Crippen LogP contribution in [0.25, 0.3) is 0 Å². The summed E-state index contributed by atoms with van der Waals surface area (Å²) in [7, 11) is 1.16. The van der Waals surface area contributed by atoms with Gasteiger partial charge in [-0.2, -0.15) is 13.2 Å². The van der Waals surface area contributed by atoms with E-state index in [1.54, 1.807) is 0 Å². The molecule has 0 bridgehead atoms. The summed E-state index contributed by atoms with van der Waals surface area (Å²) >= 11 is 2.79. The maximum absolute atomic E-state index is 12.5. The minimum Gasteiger partial charge on any atom is -0.482 e. The van der Waals surface area contributed by atoms with Gasteiger partial charge < -0.3 is 9.47 Å². The highest BCUT2D eigenvalue weighted by atomic mass is 79.9. The zero-order valence-electron chi connectivity index (χ0n) is 8.68. The number of hydrogen-bond donors (Lipinski definition) is 0. The van der Waals surface area contributed by atoms with E-state index in [0.717, 1.165) is 13.2 Å². The molecule has 0 fully saturated rings. The first-order valence-corrected chi connectivity index (χ1v) is 5.20. The van der Waals surface area contributed by atoms with Crippen LogP contribution in [-0.4, -0.2) is 19.7 Å². The summed E-state index contributed by atoms with van der Waals surface area (Å²) in [6.45, 7) is -0.435. The van der Waals surface area contributed by atoms with Crippen molar-refractivity contribution in [3.8, 4) is 5.75 Å². The Morgan fingerprint density at radius 2 is 2.06 bits per heavy atom. The fraction of sp³-hybridized carbons (Fsp3) is 0.300. The van der Waals surface area contributed by atoms with Crippen LogP contribution in [0, 0.1) is 0 Å². The number of carbonyl (C=O) groups is 1. The molecule has 7 heteroatoms. The molecule has 0 heterocycles. The standard InChI is InChI=1S/C10H8BrF3O3/c1-16-9(15)5-17-6-2-3-8(11)7(4-6)10(12,13)14/h2-4H,5H2,1H3. The zero-order chi connectivity index (χ0) is 13.1. The molecule has 0 unspecified atom stereocenters. The number of alkyl halides is 3. The van der Waals surface area contributed by atoms with Crippen molar-refractivity contribution in [2.75, 3.05) is 13.7 Å². The van der Waals surface area contributed by atoms with Crippen molar-refractivity contribution in [2.24, 2.45) is 0 Å². The molecule has 0 saturated carbocycles. The zero-order valence-corrected chi connectivity index (χ0v) is 10.3. The molecule has 0 aliphatic rings. The third-order valence-corrected chi connectivity index (χ3v) is 2.52. The molecule has 0 saturated heterocycles. The normalized spacial score (nSPS) is 11.1. The second-order valence-electron chi connectivity index (χ2n) is 3.00. The number of benzene rings is 1. The van der Waals surface area contributed by atoms with Crippen LogP contribution < -0.4 is 4.74 Å². The van der Waals surface area contributed by atoms with Crippen LogP contribution in [0.3, 0.4) is 0 Å². The molecule has 1 aromatic rings. The van der Waals surface area contributed by atoms with Gasteiger partial charge in [-0.1, -0.05) is 15.9 Å². The Kier molecular flexibility index (Phi) is 4.39. The van der Waals surface area contributed by atoms with E-state index in [2.05, 4.69) is 20.7 Å². The van der Waals surface area contributed by atoms with Crippen molar-refractivity contribution >= 4 is 21.9 Å². The van der Waals surface area contributed by atoms with Crippen LogP contribution in [0.2, 0.25) is 0 Å². The van der Waals surface area contributed by atoms with E-state index >= 15 is 0 Å². The molecule has 0 aliphatic carbocycles. The summed E-state index contributed by atoms with van der Waals surface area (Å²) in [6.07, 6.45) is -4.48. The lowest BCUT2D eigenvalue weighted by Gasteiger charge is -2.11. The van der Waals surface area contributed by atoms with Crippen LogP contribution in [0.1, 0.15) is 5.56 Å². The van der Waals surface area contributed by atoms with Crippen molar-refractivity contribution in [3.05, 3.63) is 28.2 Å². The minimum atomic E-state index is -4.48. The first-order chi connectivity index (χ1) is 7.84. The van der Waals surface area contributed by atoms with Gasteiger partial charge in [0.15, 0.2) is 6.61 Å². The molecule has 0 spiro atoms. The van der Waals surface area contributed by atoms with Gasteiger partial charge in [-0.15, -0.1) is 0 Å². The number of halogens is 4. The van der Waals surface area contributed by atoms with E-state index in [9.17, 15) is 18.0 Å². The number of ether oxygens (including phenoxy) is 2. The lowest BCUT2D eigenvalue weighted by molar-refractivity contribution is -0.142. The molecule has 17 heavy (non-hydrogen) atoms. The third kappa shape index (κ3) is 3.92. The maximum Gasteiger partial charge on any atom is 0.417 e. The van der Waals surface area contributed by atoms with E-state index in [1.807, 2.05) is 0 Å². The first-order valence-electron chi connectivity index (χ1n) is 4.41. The molecule has 94 valence electrons. The van der Waals surface area contributed by atoms with Crippen molar-refractivity contribution in [1.29, 1.82) is 0 Å². The van der Waals surface area contributed by atoms with Gasteiger partial charge in [-0.3, -0.25) is 0 Å². The van der Waals surface area contributed by atoms with Gasteiger partial charge in [0.1, 0.15) is 5.75 Å². The minimum absolute atomic E-state index is 0.0501. The van der Waals surface area contributed by atoms with E-state index < -0.39 is 24.3 Å². The second kappa shape index (κ2) is 5.39. The largest absolute Gasteiger partial charge is 0.482 e. The molecule has 0 N–H and O–H groups in total. The van der Waals surface area contributed by atoms with E-state index in [1.165, 1.54) is 12.1 Å². The monoisotopic (exact) mass is 312 g/mol. The predicted molar refractivity (Wildman–Crippen MR) is 56.7 cm³/mol. The van der Waals surface area contributed by atoms with Gasteiger partial charge in [0.25, 0.3) is 0 Å². The summed E-state index contributed by atoms with van der Waals surface area (Å²) in [5.74, 6) is -0.715. The van der Waals surface area contributed by atoms with Gasteiger partial charge in [0.2, 0.25) is 0 Å². The topological polar surface area (TPSA) is 35.5 Å². The molecule has 0 amide bonds. The SMILES string of the molecule is COC(=O)COc1ccc(Br)c(C(F)(F)F)c1. The van der Waals surface area contributed by atoms with Gasteiger partial charge in [-0.05, 0) is 18.2 Å². The van der Waals surface area contributed by atoms with Gasteiger partial charge >= 0.3 is 12.1 Å². The molecule has 0 radical (unpaired) electrons. The summed E-state index contributed by atoms with van der Waals surface area (Å²) in [5, 5.41) is 0. The number of esters is 1. The van der Waals surface area contributed by atoms with Crippen molar-refractivity contribution in [2.45, 2.75) is 6.18 Å². The lowest BCUT2D eigenvalue weighted by atomic mass is 10.2. The molecular weight excluding hydrogens is 305 g/mol. The van der Waals surface area contributed by atoms with Crippen LogP contribution in [0.15, 0.2) is 22.7 Å². The van der Waals surface area contributed by atoms with Crippen molar-refractivity contribution < 1.29 is 27.4 Å². The Morgan fingerprint density at radius 1 is 1.41 bits per heavy atom. The van der Waals surface area contributed by atoms with Gasteiger partial charge in [0, 0.05) is 4.47 Å². The average Bonchev–Trinajstić information content (AvgIpc) is 2.26. The van der Waals surface area contributed by atoms with Crippen LogP contribution in [0.5, 0.6) is 5.75 Å². The Morgan fingerprint density at radius 3 is 2.59 bits per heavy atom. The molecule has 0 atom stereocenters. The lowest BCUT2D eigenvalue weighted by Crippen LogP contribution is -2.13. The van der Waals surface area contributed by atoms with Crippen molar-refractivity contribution in [3.63, 3.8) is 0 Å². The average molecular weight is 313 g/mol. The second-order valence-corrected chi connectivity index (χ2v) is 3.86. The Balaban J connectivity index is 2.86. The van der Waals surface area contributed by atoms with Crippen LogP contribution in [-0.2, 0) is 15.7 Å². The number of carbonyl (C=O) groups excluding carboxylic acids is 1. The maximum atomic E-state index is 12.5. The Bertz CT molecular complexity index is 418. The summed E-state index contributed by atoms with van der Waals surface area (Å²) < 4.78 is 46.6. The summed E-state index contributed by atoms with van der Waals surface area (Å²) in [4.78, 5) is 10.8. The highest BCUT2D eigenvalue weighted by molar-refractivity contribution is 9.10. The fourth-order valence-electron chi connectivity index (χ4n) is 1.01. The number of methoxy groups -OCH3 is 1. The van der Waals surface area contributed by atoms with E-state index in [0.29, 0.717) is 0 Å². The highest BCUT2D eigenvalue weighted by Gasteiger charge is 2.33. The summed E-state index contributed by atoms with van der Waals surface area (Å²) in [6, 6.07) is 3.34. The molecular formula is C10H8BrF3O3.